The van der Waals surface area contributed by atoms with E-state index in [0.717, 1.165) is 57.5 Å². The van der Waals surface area contributed by atoms with Crippen LogP contribution in [0.5, 0.6) is 0 Å². The number of halogens is 2. The molecule has 0 radical (unpaired) electrons. The van der Waals surface area contributed by atoms with Crippen molar-refractivity contribution in [3.8, 4) is 0 Å². The van der Waals surface area contributed by atoms with Gasteiger partial charge in [-0.3, -0.25) is 4.90 Å². The van der Waals surface area contributed by atoms with Gasteiger partial charge in [0.05, 0.1) is 12.3 Å². The van der Waals surface area contributed by atoms with Crippen LogP contribution in [-0.4, -0.2) is 61.8 Å². The van der Waals surface area contributed by atoms with E-state index in [1.807, 2.05) is 0 Å². The van der Waals surface area contributed by atoms with Crippen molar-refractivity contribution < 1.29 is 18.3 Å². The highest BCUT2D eigenvalue weighted by Gasteiger charge is 2.25. The van der Waals surface area contributed by atoms with Gasteiger partial charge >= 0.3 is 6.03 Å². The number of nitrogens with one attached hydrogen (secondary N) is 1. The minimum absolute atomic E-state index is 0.125. The van der Waals surface area contributed by atoms with Crippen LogP contribution in [0, 0.1) is 17.6 Å². The number of hydrogen-bond donors (Lipinski definition) is 1. The molecular weight excluding hydrogens is 304 g/mol. The van der Waals surface area contributed by atoms with E-state index in [-0.39, 0.29) is 5.69 Å². The molecule has 2 aliphatic heterocycles. The average Bonchev–Trinajstić information content (AvgIpc) is 3.04. The molecule has 2 aliphatic rings. The summed E-state index contributed by atoms with van der Waals surface area (Å²) in [4.78, 5) is 16.1. The number of hydrogen-bond acceptors (Lipinski definition) is 3. The fourth-order valence-electron chi connectivity index (χ4n) is 3.01. The lowest BCUT2D eigenvalue weighted by Gasteiger charge is -2.35. The molecule has 5 nitrogen and oxygen atoms in total. The fourth-order valence-corrected chi connectivity index (χ4v) is 3.01. The molecule has 1 aromatic rings. The maximum Gasteiger partial charge on any atom is 0.322 e. The van der Waals surface area contributed by atoms with Gasteiger partial charge in [-0.1, -0.05) is 0 Å². The summed E-state index contributed by atoms with van der Waals surface area (Å²) in [5.74, 6) is -0.637. The molecule has 7 heteroatoms. The lowest BCUT2D eigenvalue weighted by molar-refractivity contribution is 0.124. The first-order valence-electron chi connectivity index (χ1n) is 7.93. The molecule has 1 atom stereocenters. The standard InChI is InChI=1S/C16H21F2N3O2/c17-13-1-2-14(18)15(9-13)19-16(22)21-6-4-20(5-7-21)10-12-3-8-23-11-12/h1-2,9,12H,3-8,10-11H2,(H,19,22). The zero-order chi connectivity index (χ0) is 16.2. The number of anilines is 1. The van der Waals surface area contributed by atoms with Gasteiger partial charge in [0.15, 0.2) is 0 Å². The van der Waals surface area contributed by atoms with E-state index in [0.29, 0.717) is 19.0 Å². The van der Waals surface area contributed by atoms with Crippen LogP contribution in [0.3, 0.4) is 0 Å². The molecule has 2 saturated heterocycles. The minimum atomic E-state index is -0.639. The van der Waals surface area contributed by atoms with Gasteiger partial charge in [0.1, 0.15) is 11.6 Å². The number of piperazine rings is 1. The van der Waals surface area contributed by atoms with Gasteiger partial charge in [-0.05, 0) is 24.5 Å². The van der Waals surface area contributed by atoms with Crippen molar-refractivity contribution >= 4 is 11.7 Å². The Hall–Kier alpha value is -1.73. The molecule has 3 rings (SSSR count). The van der Waals surface area contributed by atoms with Gasteiger partial charge in [0.2, 0.25) is 0 Å². The van der Waals surface area contributed by atoms with Crippen LogP contribution >= 0.6 is 0 Å². The van der Waals surface area contributed by atoms with Crippen molar-refractivity contribution in [1.82, 2.24) is 9.80 Å². The third-order valence-electron chi connectivity index (χ3n) is 4.37. The third-order valence-corrected chi connectivity index (χ3v) is 4.37. The summed E-state index contributed by atoms with van der Waals surface area (Å²) in [6, 6.07) is 2.63. The number of benzene rings is 1. The predicted molar refractivity (Wildman–Crippen MR) is 82.3 cm³/mol. The highest BCUT2D eigenvalue weighted by atomic mass is 19.1. The van der Waals surface area contributed by atoms with E-state index < -0.39 is 17.7 Å². The largest absolute Gasteiger partial charge is 0.381 e. The fraction of sp³-hybridized carbons (Fsp3) is 0.562. The highest BCUT2D eigenvalue weighted by molar-refractivity contribution is 5.89. The molecule has 0 bridgehead atoms. The summed E-state index contributed by atoms with van der Waals surface area (Å²) >= 11 is 0. The summed E-state index contributed by atoms with van der Waals surface area (Å²) in [5.41, 5.74) is -0.125. The number of ether oxygens (including phenoxy) is 1. The van der Waals surface area contributed by atoms with E-state index in [9.17, 15) is 13.6 Å². The monoisotopic (exact) mass is 325 g/mol. The Labute approximate surface area is 134 Å². The van der Waals surface area contributed by atoms with Gasteiger partial charge in [-0.15, -0.1) is 0 Å². The van der Waals surface area contributed by atoms with Crippen molar-refractivity contribution in [2.75, 3.05) is 51.3 Å². The second-order valence-electron chi connectivity index (χ2n) is 6.07. The number of carbonyl (C=O) groups is 1. The first kappa shape index (κ1) is 16.1. The molecule has 0 aliphatic carbocycles. The Kier molecular flexibility index (Phi) is 5.07. The Balaban J connectivity index is 1.48. The summed E-state index contributed by atoms with van der Waals surface area (Å²) in [6.45, 7) is 5.39. The number of amides is 2. The van der Waals surface area contributed by atoms with Crippen molar-refractivity contribution in [2.24, 2.45) is 5.92 Å². The molecule has 1 aromatic carbocycles. The van der Waals surface area contributed by atoms with Crippen molar-refractivity contribution in [1.29, 1.82) is 0 Å². The topological polar surface area (TPSA) is 44.8 Å². The molecule has 1 unspecified atom stereocenters. The second-order valence-corrected chi connectivity index (χ2v) is 6.07. The summed E-state index contributed by atoms with van der Waals surface area (Å²) < 4.78 is 32.1. The highest BCUT2D eigenvalue weighted by Crippen LogP contribution is 2.17. The van der Waals surface area contributed by atoms with E-state index in [1.165, 1.54) is 0 Å². The Morgan fingerprint density at radius 1 is 1.26 bits per heavy atom. The smallest absolute Gasteiger partial charge is 0.322 e. The summed E-state index contributed by atoms with van der Waals surface area (Å²) in [5, 5.41) is 2.44. The van der Waals surface area contributed by atoms with Gasteiger partial charge in [-0.2, -0.15) is 0 Å². The number of carbonyl (C=O) groups excluding carboxylic acids is 1. The van der Waals surface area contributed by atoms with E-state index >= 15 is 0 Å². The van der Waals surface area contributed by atoms with Crippen LogP contribution in [0.4, 0.5) is 19.3 Å². The molecule has 1 N–H and O–H groups in total. The number of nitrogens with zero attached hydrogens (tertiary/aromatic N) is 2. The van der Waals surface area contributed by atoms with E-state index in [1.54, 1.807) is 4.90 Å². The van der Waals surface area contributed by atoms with Crippen molar-refractivity contribution in [3.05, 3.63) is 29.8 Å². The molecular formula is C16H21F2N3O2. The second kappa shape index (κ2) is 7.23. The molecule has 23 heavy (non-hydrogen) atoms. The first-order valence-corrected chi connectivity index (χ1v) is 7.93. The zero-order valence-electron chi connectivity index (χ0n) is 12.9. The summed E-state index contributed by atoms with van der Waals surface area (Å²) in [7, 11) is 0. The van der Waals surface area contributed by atoms with Crippen LogP contribution in [0.1, 0.15) is 6.42 Å². The molecule has 126 valence electrons. The van der Waals surface area contributed by atoms with Gasteiger partial charge in [0, 0.05) is 45.4 Å². The maximum atomic E-state index is 13.6. The third kappa shape index (κ3) is 4.17. The quantitative estimate of drug-likeness (QED) is 0.926. The molecule has 0 aromatic heterocycles. The normalized spacial score (nSPS) is 22.3. The summed E-state index contributed by atoms with van der Waals surface area (Å²) in [6.07, 6.45) is 1.10. The van der Waals surface area contributed by atoms with Crippen molar-refractivity contribution in [2.45, 2.75) is 6.42 Å². The Morgan fingerprint density at radius 3 is 2.74 bits per heavy atom. The number of rotatable bonds is 3. The molecule has 2 amide bonds. The van der Waals surface area contributed by atoms with Gasteiger partial charge in [0.25, 0.3) is 0 Å². The van der Waals surface area contributed by atoms with Gasteiger partial charge in [-0.25, -0.2) is 13.6 Å². The molecule has 0 spiro atoms. The SMILES string of the molecule is O=C(Nc1cc(F)ccc1F)N1CCN(CC2CCOC2)CC1. The Bertz CT molecular complexity index is 556. The lowest BCUT2D eigenvalue weighted by Crippen LogP contribution is -2.51. The predicted octanol–water partition coefficient (Wildman–Crippen LogP) is 2.15. The van der Waals surface area contributed by atoms with Crippen LogP contribution in [0.15, 0.2) is 18.2 Å². The van der Waals surface area contributed by atoms with Crippen LogP contribution in [-0.2, 0) is 4.74 Å². The van der Waals surface area contributed by atoms with E-state index in [2.05, 4.69) is 10.2 Å². The molecule has 2 fully saturated rings. The molecule has 0 saturated carbocycles. The lowest BCUT2D eigenvalue weighted by atomic mass is 10.1. The van der Waals surface area contributed by atoms with Gasteiger partial charge < -0.3 is 15.0 Å². The minimum Gasteiger partial charge on any atom is -0.381 e. The first-order chi connectivity index (χ1) is 11.1. The number of urea groups is 1. The average molecular weight is 325 g/mol. The molecule has 2 heterocycles. The zero-order valence-corrected chi connectivity index (χ0v) is 12.9. The van der Waals surface area contributed by atoms with Crippen LogP contribution < -0.4 is 5.32 Å². The maximum absolute atomic E-state index is 13.6. The van der Waals surface area contributed by atoms with Crippen molar-refractivity contribution in [3.63, 3.8) is 0 Å². The Morgan fingerprint density at radius 2 is 2.04 bits per heavy atom. The van der Waals surface area contributed by atoms with Crippen LogP contribution in [0.25, 0.3) is 0 Å². The van der Waals surface area contributed by atoms with E-state index in [4.69, 9.17) is 4.74 Å². The van der Waals surface area contributed by atoms with Crippen LogP contribution in [0.2, 0.25) is 0 Å².